The Morgan fingerprint density at radius 1 is 1.22 bits per heavy atom. The molecule has 3 nitrogen and oxygen atoms in total. The Balaban J connectivity index is 2.31. The van der Waals surface area contributed by atoms with E-state index in [4.69, 9.17) is 0 Å². The number of carbonyl (C=O) groups is 1. The van der Waals surface area contributed by atoms with Crippen molar-refractivity contribution in [2.75, 3.05) is 13.1 Å². The van der Waals surface area contributed by atoms with E-state index in [0.717, 1.165) is 19.5 Å². The molecule has 1 aromatic carbocycles. The van der Waals surface area contributed by atoms with Crippen LogP contribution < -0.4 is 10.6 Å². The van der Waals surface area contributed by atoms with Crippen LogP contribution in [0.5, 0.6) is 0 Å². The van der Waals surface area contributed by atoms with Gasteiger partial charge < -0.3 is 10.6 Å². The van der Waals surface area contributed by atoms with Crippen molar-refractivity contribution in [1.82, 2.24) is 10.6 Å². The summed E-state index contributed by atoms with van der Waals surface area (Å²) < 4.78 is 0. The van der Waals surface area contributed by atoms with Crippen molar-refractivity contribution in [1.29, 1.82) is 0 Å². The van der Waals surface area contributed by atoms with Crippen molar-refractivity contribution in [3.05, 3.63) is 35.4 Å². The van der Waals surface area contributed by atoms with Gasteiger partial charge in [0.1, 0.15) is 0 Å². The van der Waals surface area contributed by atoms with E-state index >= 15 is 0 Å². The minimum atomic E-state index is 0.0673. The highest BCUT2D eigenvalue weighted by Crippen LogP contribution is 2.08. The lowest BCUT2D eigenvalue weighted by Gasteiger charge is -2.10. The molecule has 18 heavy (non-hydrogen) atoms. The van der Waals surface area contributed by atoms with Gasteiger partial charge >= 0.3 is 0 Å². The van der Waals surface area contributed by atoms with Gasteiger partial charge in [-0.2, -0.15) is 0 Å². The van der Waals surface area contributed by atoms with Crippen molar-refractivity contribution < 1.29 is 4.79 Å². The molecule has 0 spiro atoms. The normalized spacial score (nSPS) is 10.7. The number of nitrogens with one attached hydrogen (secondary N) is 2. The topological polar surface area (TPSA) is 41.1 Å². The Bertz CT molecular complexity index is 375. The summed E-state index contributed by atoms with van der Waals surface area (Å²) in [6.07, 6.45) is 1.03. The molecule has 0 aromatic heterocycles. The van der Waals surface area contributed by atoms with E-state index in [1.54, 1.807) is 0 Å². The summed E-state index contributed by atoms with van der Waals surface area (Å²) in [5.74, 6) is 0.562. The highest BCUT2D eigenvalue weighted by Gasteiger charge is 2.03. The van der Waals surface area contributed by atoms with Gasteiger partial charge in [-0.15, -0.1) is 0 Å². The molecule has 0 radical (unpaired) electrons. The van der Waals surface area contributed by atoms with Gasteiger partial charge in [0.05, 0.1) is 6.54 Å². The molecule has 3 heteroatoms. The quantitative estimate of drug-likeness (QED) is 0.776. The van der Waals surface area contributed by atoms with Gasteiger partial charge in [0.2, 0.25) is 5.91 Å². The molecule has 0 fully saturated rings. The van der Waals surface area contributed by atoms with Crippen LogP contribution in [0.2, 0.25) is 0 Å². The van der Waals surface area contributed by atoms with Crippen LogP contribution >= 0.6 is 0 Å². The second-order valence-corrected chi connectivity index (χ2v) is 4.92. The second kappa shape index (κ2) is 7.88. The number of benzene rings is 1. The summed E-state index contributed by atoms with van der Waals surface area (Å²) >= 11 is 0. The van der Waals surface area contributed by atoms with Gasteiger partial charge in [-0.05, 0) is 23.5 Å². The highest BCUT2D eigenvalue weighted by molar-refractivity contribution is 5.77. The average Bonchev–Trinajstić information content (AvgIpc) is 2.37. The molecule has 0 heterocycles. The first-order valence-electron chi connectivity index (χ1n) is 6.67. The van der Waals surface area contributed by atoms with E-state index in [0.29, 0.717) is 12.5 Å². The Labute approximate surface area is 110 Å². The molecule has 0 bridgehead atoms. The van der Waals surface area contributed by atoms with Crippen molar-refractivity contribution in [2.45, 2.75) is 33.7 Å². The third kappa shape index (κ3) is 5.32. The van der Waals surface area contributed by atoms with Gasteiger partial charge in [0.25, 0.3) is 0 Å². The molecule has 1 rings (SSSR count). The molecule has 1 amide bonds. The van der Waals surface area contributed by atoms with Crippen molar-refractivity contribution >= 4 is 5.91 Å². The number of rotatable bonds is 7. The molecule has 0 aliphatic carbocycles. The Hall–Kier alpha value is -1.35. The fourth-order valence-electron chi connectivity index (χ4n) is 1.77. The van der Waals surface area contributed by atoms with Crippen LogP contribution in [0.15, 0.2) is 24.3 Å². The maximum atomic E-state index is 11.5. The number of carbonyl (C=O) groups excluding carboxylic acids is 1. The van der Waals surface area contributed by atoms with Gasteiger partial charge in [-0.3, -0.25) is 4.79 Å². The second-order valence-electron chi connectivity index (χ2n) is 4.92. The zero-order chi connectivity index (χ0) is 13.4. The molecule has 0 aliphatic heterocycles. The average molecular weight is 248 g/mol. The van der Waals surface area contributed by atoms with Crippen molar-refractivity contribution in [3.8, 4) is 0 Å². The fraction of sp³-hybridized carbons (Fsp3) is 0.533. The van der Waals surface area contributed by atoms with Crippen LogP contribution in [-0.4, -0.2) is 19.0 Å². The van der Waals surface area contributed by atoms with Crippen LogP contribution in [0.1, 0.15) is 31.9 Å². The van der Waals surface area contributed by atoms with Crippen LogP contribution in [0.4, 0.5) is 0 Å². The molecule has 2 N–H and O–H groups in total. The summed E-state index contributed by atoms with van der Waals surface area (Å²) in [5.41, 5.74) is 2.62. The summed E-state index contributed by atoms with van der Waals surface area (Å²) in [4.78, 5) is 11.5. The van der Waals surface area contributed by atoms with Crippen LogP contribution in [-0.2, 0) is 17.8 Å². The van der Waals surface area contributed by atoms with E-state index in [1.165, 1.54) is 11.1 Å². The highest BCUT2D eigenvalue weighted by atomic mass is 16.1. The minimum Gasteiger partial charge on any atom is -0.355 e. The number of hydrogen-bond donors (Lipinski definition) is 2. The Morgan fingerprint density at radius 2 is 1.89 bits per heavy atom. The van der Waals surface area contributed by atoms with Crippen LogP contribution in [0.25, 0.3) is 0 Å². The Kier molecular flexibility index (Phi) is 6.44. The first kappa shape index (κ1) is 14.7. The first-order chi connectivity index (χ1) is 8.63. The zero-order valence-corrected chi connectivity index (χ0v) is 11.6. The predicted octanol–water partition coefficient (Wildman–Crippen LogP) is 2.11. The number of aryl methyl sites for hydroxylation is 1. The van der Waals surface area contributed by atoms with E-state index in [9.17, 15) is 4.79 Å². The van der Waals surface area contributed by atoms with Crippen molar-refractivity contribution in [2.24, 2.45) is 5.92 Å². The monoisotopic (exact) mass is 248 g/mol. The molecule has 0 saturated carbocycles. The molecule has 100 valence electrons. The van der Waals surface area contributed by atoms with E-state index in [2.05, 4.69) is 49.6 Å². The number of hydrogen-bond acceptors (Lipinski definition) is 2. The van der Waals surface area contributed by atoms with Crippen LogP contribution in [0, 0.1) is 5.92 Å². The molecule has 0 unspecified atom stereocenters. The first-order valence-corrected chi connectivity index (χ1v) is 6.67. The lowest BCUT2D eigenvalue weighted by Crippen LogP contribution is -2.35. The molecular weight excluding hydrogens is 224 g/mol. The van der Waals surface area contributed by atoms with Gasteiger partial charge in [-0.25, -0.2) is 0 Å². The summed E-state index contributed by atoms with van der Waals surface area (Å²) in [7, 11) is 0. The van der Waals surface area contributed by atoms with E-state index < -0.39 is 0 Å². The van der Waals surface area contributed by atoms with Crippen LogP contribution in [0.3, 0.4) is 0 Å². The molecule has 0 saturated heterocycles. The summed E-state index contributed by atoms with van der Waals surface area (Å²) in [6.45, 7) is 8.19. The Morgan fingerprint density at radius 3 is 2.50 bits per heavy atom. The van der Waals surface area contributed by atoms with Gasteiger partial charge in [0, 0.05) is 13.1 Å². The SMILES string of the molecule is CCc1ccccc1CNCC(=O)NCC(C)C. The molecule has 0 aliphatic rings. The third-order valence-corrected chi connectivity index (χ3v) is 2.81. The lowest BCUT2D eigenvalue weighted by molar-refractivity contribution is -0.120. The summed E-state index contributed by atoms with van der Waals surface area (Å²) in [6, 6.07) is 8.33. The smallest absolute Gasteiger partial charge is 0.233 e. The van der Waals surface area contributed by atoms with Crippen molar-refractivity contribution in [3.63, 3.8) is 0 Å². The molecular formula is C15H24N2O. The van der Waals surface area contributed by atoms with Gasteiger partial charge in [-0.1, -0.05) is 45.0 Å². The molecule has 1 aromatic rings. The third-order valence-electron chi connectivity index (χ3n) is 2.81. The fourth-order valence-corrected chi connectivity index (χ4v) is 1.77. The zero-order valence-electron chi connectivity index (χ0n) is 11.6. The maximum absolute atomic E-state index is 11.5. The summed E-state index contributed by atoms with van der Waals surface area (Å²) in [5, 5.41) is 6.08. The van der Waals surface area contributed by atoms with Gasteiger partial charge in [0.15, 0.2) is 0 Å². The molecule has 0 atom stereocenters. The standard InChI is InChI=1S/C15H24N2O/c1-4-13-7-5-6-8-14(13)10-16-11-15(18)17-9-12(2)3/h5-8,12,16H,4,9-11H2,1-3H3,(H,17,18). The van der Waals surface area contributed by atoms with E-state index in [1.807, 2.05) is 6.07 Å². The lowest BCUT2D eigenvalue weighted by atomic mass is 10.1. The maximum Gasteiger partial charge on any atom is 0.233 e. The largest absolute Gasteiger partial charge is 0.355 e. The predicted molar refractivity (Wildman–Crippen MR) is 75.4 cm³/mol. The minimum absolute atomic E-state index is 0.0673. The number of amides is 1. The van der Waals surface area contributed by atoms with E-state index in [-0.39, 0.29) is 5.91 Å².